The van der Waals surface area contributed by atoms with Gasteiger partial charge in [0.25, 0.3) is 0 Å². The Hall–Kier alpha value is -0.290. The minimum atomic E-state index is -4.24. The molecule has 5 heteroatoms. The standard InChI is InChI=1S/C6H9F3O2/c1-5(2-10-3-5)11-4-6(7,8)9/h2-4H2,1H3. The van der Waals surface area contributed by atoms with Crippen molar-refractivity contribution in [3.63, 3.8) is 0 Å². The van der Waals surface area contributed by atoms with Crippen LogP contribution in [-0.2, 0) is 9.47 Å². The van der Waals surface area contributed by atoms with Crippen LogP contribution in [0.5, 0.6) is 0 Å². The summed E-state index contributed by atoms with van der Waals surface area (Å²) >= 11 is 0. The maximum absolute atomic E-state index is 11.6. The summed E-state index contributed by atoms with van der Waals surface area (Å²) in [6, 6.07) is 0. The fourth-order valence-corrected chi connectivity index (χ4v) is 0.729. The first-order chi connectivity index (χ1) is 4.91. The van der Waals surface area contributed by atoms with Gasteiger partial charge in [-0.05, 0) is 6.92 Å². The lowest BCUT2D eigenvalue weighted by atomic mass is 10.1. The van der Waals surface area contributed by atoms with Crippen molar-refractivity contribution >= 4 is 0 Å². The van der Waals surface area contributed by atoms with Crippen LogP contribution in [0.4, 0.5) is 13.2 Å². The summed E-state index contributed by atoms with van der Waals surface area (Å²) in [6.07, 6.45) is -4.24. The van der Waals surface area contributed by atoms with Crippen molar-refractivity contribution < 1.29 is 22.6 Å². The SMILES string of the molecule is CC1(OCC(F)(F)F)COC1. The molecule has 1 aliphatic heterocycles. The van der Waals surface area contributed by atoms with Crippen LogP contribution in [0.2, 0.25) is 0 Å². The monoisotopic (exact) mass is 170 g/mol. The molecule has 0 amide bonds. The van der Waals surface area contributed by atoms with Gasteiger partial charge in [-0.15, -0.1) is 0 Å². The maximum atomic E-state index is 11.6. The quantitative estimate of drug-likeness (QED) is 0.622. The molecule has 0 bridgehead atoms. The van der Waals surface area contributed by atoms with Crippen LogP contribution in [0.1, 0.15) is 6.92 Å². The summed E-state index contributed by atoms with van der Waals surface area (Å²) in [7, 11) is 0. The van der Waals surface area contributed by atoms with Crippen molar-refractivity contribution in [3.8, 4) is 0 Å². The van der Waals surface area contributed by atoms with Gasteiger partial charge in [-0.1, -0.05) is 0 Å². The molecule has 1 saturated heterocycles. The minimum absolute atomic E-state index is 0.253. The van der Waals surface area contributed by atoms with Crippen LogP contribution < -0.4 is 0 Å². The van der Waals surface area contributed by atoms with Gasteiger partial charge in [0.05, 0.1) is 13.2 Å². The largest absolute Gasteiger partial charge is 0.411 e. The predicted octanol–water partition coefficient (Wildman–Crippen LogP) is 1.35. The Morgan fingerprint density at radius 1 is 1.45 bits per heavy atom. The van der Waals surface area contributed by atoms with Crippen molar-refractivity contribution in [2.45, 2.75) is 18.7 Å². The second kappa shape index (κ2) is 2.64. The first kappa shape index (κ1) is 8.80. The van der Waals surface area contributed by atoms with E-state index in [0.717, 1.165) is 0 Å². The molecule has 0 N–H and O–H groups in total. The minimum Gasteiger partial charge on any atom is -0.375 e. The third-order valence-corrected chi connectivity index (χ3v) is 1.40. The zero-order valence-electron chi connectivity index (χ0n) is 6.07. The van der Waals surface area contributed by atoms with E-state index in [0.29, 0.717) is 0 Å². The Kier molecular flexibility index (Phi) is 2.11. The smallest absolute Gasteiger partial charge is 0.375 e. The van der Waals surface area contributed by atoms with Crippen molar-refractivity contribution in [3.05, 3.63) is 0 Å². The molecule has 0 spiro atoms. The molecule has 0 atom stereocenters. The molecule has 1 heterocycles. The Labute approximate surface area is 62.3 Å². The molecule has 2 nitrogen and oxygen atoms in total. The van der Waals surface area contributed by atoms with E-state index in [-0.39, 0.29) is 13.2 Å². The number of hydrogen-bond acceptors (Lipinski definition) is 2. The zero-order chi connectivity index (χ0) is 8.54. The third-order valence-electron chi connectivity index (χ3n) is 1.40. The number of ether oxygens (including phenoxy) is 2. The topological polar surface area (TPSA) is 18.5 Å². The molecule has 1 aliphatic rings. The van der Waals surface area contributed by atoms with Crippen LogP contribution in [0.25, 0.3) is 0 Å². The Balaban J connectivity index is 2.21. The molecule has 11 heavy (non-hydrogen) atoms. The molecule has 0 aromatic carbocycles. The summed E-state index contributed by atoms with van der Waals surface area (Å²) in [5.74, 6) is 0. The van der Waals surface area contributed by atoms with Gasteiger partial charge in [0.1, 0.15) is 12.2 Å². The average molecular weight is 170 g/mol. The number of alkyl halides is 3. The molecule has 0 unspecified atom stereocenters. The summed E-state index contributed by atoms with van der Waals surface area (Å²) in [5.41, 5.74) is -0.713. The third kappa shape index (κ3) is 2.67. The molecule has 0 aromatic heterocycles. The molecule has 0 aliphatic carbocycles. The van der Waals surface area contributed by atoms with Gasteiger partial charge in [0.2, 0.25) is 0 Å². The molecule has 1 fully saturated rings. The highest BCUT2D eigenvalue weighted by atomic mass is 19.4. The number of rotatable bonds is 2. The molecule has 1 rings (SSSR count). The van der Waals surface area contributed by atoms with E-state index in [1.54, 1.807) is 6.92 Å². The lowest BCUT2D eigenvalue weighted by Gasteiger charge is -2.37. The van der Waals surface area contributed by atoms with E-state index < -0.39 is 18.4 Å². The highest BCUT2D eigenvalue weighted by Gasteiger charge is 2.39. The van der Waals surface area contributed by atoms with Gasteiger partial charge >= 0.3 is 6.18 Å². The van der Waals surface area contributed by atoms with E-state index in [2.05, 4.69) is 4.74 Å². The van der Waals surface area contributed by atoms with E-state index in [9.17, 15) is 13.2 Å². The van der Waals surface area contributed by atoms with Crippen LogP contribution in [0, 0.1) is 0 Å². The normalized spacial score (nSPS) is 22.9. The summed E-state index contributed by atoms with van der Waals surface area (Å²) in [4.78, 5) is 0. The molecule has 66 valence electrons. The van der Waals surface area contributed by atoms with Gasteiger partial charge < -0.3 is 9.47 Å². The van der Waals surface area contributed by atoms with E-state index >= 15 is 0 Å². The Bertz CT molecular complexity index is 139. The fraction of sp³-hybridized carbons (Fsp3) is 1.00. The van der Waals surface area contributed by atoms with Crippen LogP contribution in [-0.4, -0.2) is 31.6 Å². The summed E-state index contributed by atoms with van der Waals surface area (Å²) < 4.78 is 44.0. The molecular weight excluding hydrogens is 161 g/mol. The van der Waals surface area contributed by atoms with Crippen molar-refractivity contribution in [1.82, 2.24) is 0 Å². The second-order valence-corrected chi connectivity index (χ2v) is 2.85. The van der Waals surface area contributed by atoms with Gasteiger partial charge in [0, 0.05) is 0 Å². The first-order valence-corrected chi connectivity index (χ1v) is 3.20. The van der Waals surface area contributed by atoms with Crippen molar-refractivity contribution in [2.24, 2.45) is 0 Å². The van der Waals surface area contributed by atoms with Crippen molar-refractivity contribution in [1.29, 1.82) is 0 Å². The Morgan fingerprint density at radius 2 is 2.00 bits per heavy atom. The number of halogens is 3. The lowest BCUT2D eigenvalue weighted by molar-refractivity contribution is -0.255. The fourth-order valence-electron chi connectivity index (χ4n) is 0.729. The van der Waals surface area contributed by atoms with Crippen LogP contribution >= 0.6 is 0 Å². The summed E-state index contributed by atoms with van der Waals surface area (Å²) in [6.45, 7) is 0.918. The van der Waals surface area contributed by atoms with Gasteiger partial charge in [-0.2, -0.15) is 13.2 Å². The highest BCUT2D eigenvalue weighted by molar-refractivity contribution is 4.82. The van der Waals surface area contributed by atoms with Gasteiger partial charge in [-0.3, -0.25) is 0 Å². The van der Waals surface area contributed by atoms with E-state index in [4.69, 9.17) is 4.74 Å². The van der Waals surface area contributed by atoms with Crippen LogP contribution in [0.15, 0.2) is 0 Å². The van der Waals surface area contributed by atoms with Crippen LogP contribution in [0.3, 0.4) is 0 Å². The highest BCUT2D eigenvalue weighted by Crippen LogP contribution is 2.24. The predicted molar refractivity (Wildman–Crippen MR) is 31.2 cm³/mol. The van der Waals surface area contributed by atoms with E-state index in [1.807, 2.05) is 0 Å². The van der Waals surface area contributed by atoms with E-state index in [1.165, 1.54) is 0 Å². The van der Waals surface area contributed by atoms with Crippen molar-refractivity contribution in [2.75, 3.05) is 19.8 Å². The summed E-state index contributed by atoms with van der Waals surface area (Å²) in [5, 5.41) is 0. The lowest BCUT2D eigenvalue weighted by Crippen LogP contribution is -2.50. The number of hydrogen-bond donors (Lipinski definition) is 0. The molecule has 0 aromatic rings. The second-order valence-electron chi connectivity index (χ2n) is 2.85. The van der Waals surface area contributed by atoms with Gasteiger partial charge in [0.15, 0.2) is 0 Å². The Morgan fingerprint density at radius 3 is 2.27 bits per heavy atom. The molecule has 0 radical (unpaired) electrons. The van der Waals surface area contributed by atoms with Gasteiger partial charge in [-0.25, -0.2) is 0 Å². The maximum Gasteiger partial charge on any atom is 0.411 e. The average Bonchev–Trinajstić information content (AvgIpc) is 1.77. The first-order valence-electron chi connectivity index (χ1n) is 3.20. The molecular formula is C6H9F3O2. The molecule has 0 saturated carbocycles. The zero-order valence-corrected chi connectivity index (χ0v) is 6.07.